The minimum atomic E-state index is -3.58. The zero-order valence-corrected chi connectivity index (χ0v) is 16.1. The molecule has 1 atom stereocenters. The average Bonchev–Trinajstić information content (AvgIpc) is 3.00. The van der Waals surface area contributed by atoms with Gasteiger partial charge >= 0.3 is 6.09 Å². The maximum Gasteiger partial charge on any atom is 0.414 e. The predicted molar refractivity (Wildman–Crippen MR) is 98.9 cm³/mol. The number of sulfone groups is 1. The maximum absolute atomic E-state index is 12.4. The Morgan fingerprint density at radius 3 is 2.63 bits per heavy atom. The minimum Gasteiger partial charge on any atom is -0.442 e. The van der Waals surface area contributed by atoms with Crippen LogP contribution in [0.3, 0.4) is 0 Å². The van der Waals surface area contributed by atoms with Gasteiger partial charge in [-0.1, -0.05) is 0 Å². The molecule has 2 amide bonds. The van der Waals surface area contributed by atoms with Crippen molar-refractivity contribution in [2.75, 3.05) is 55.4 Å². The molecular weight excluding hydrogens is 374 g/mol. The quantitative estimate of drug-likeness (QED) is 0.766. The summed E-state index contributed by atoms with van der Waals surface area (Å²) in [6, 6.07) is 5.01. The summed E-state index contributed by atoms with van der Waals surface area (Å²) in [5.41, 5.74) is 1.05. The average molecular weight is 397 g/mol. The normalized spacial score (nSPS) is 20.5. The van der Waals surface area contributed by atoms with E-state index in [4.69, 9.17) is 9.47 Å². The summed E-state index contributed by atoms with van der Waals surface area (Å²) in [5, 5.41) is 2.60. The molecule has 2 fully saturated rings. The number of hydrogen-bond acceptors (Lipinski definition) is 7. The zero-order chi connectivity index (χ0) is 19.6. The zero-order valence-electron chi connectivity index (χ0n) is 15.3. The van der Waals surface area contributed by atoms with Crippen LogP contribution in [0.4, 0.5) is 16.2 Å². The molecule has 2 aliphatic rings. The Morgan fingerprint density at radius 1 is 1.30 bits per heavy atom. The highest BCUT2D eigenvalue weighted by Gasteiger charge is 2.35. The Hall–Kier alpha value is -2.33. The summed E-state index contributed by atoms with van der Waals surface area (Å²) in [4.78, 5) is 26.7. The molecule has 2 heterocycles. The van der Waals surface area contributed by atoms with Gasteiger partial charge in [0.2, 0.25) is 5.91 Å². The molecule has 27 heavy (non-hydrogen) atoms. The molecule has 1 aromatic rings. The fourth-order valence-electron chi connectivity index (χ4n) is 3.12. The summed E-state index contributed by atoms with van der Waals surface area (Å²) in [6.07, 6.45) is -0.0485. The van der Waals surface area contributed by atoms with E-state index >= 15 is 0 Å². The summed E-state index contributed by atoms with van der Waals surface area (Å²) < 4.78 is 35.3. The Balaban J connectivity index is 1.88. The van der Waals surface area contributed by atoms with Crippen molar-refractivity contribution in [3.8, 4) is 0 Å². The number of ether oxygens (including phenoxy) is 2. The number of morpholine rings is 1. The van der Waals surface area contributed by atoms with Crippen molar-refractivity contribution in [3.63, 3.8) is 0 Å². The Bertz CT molecular complexity index is 835. The van der Waals surface area contributed by atoms with Crippen LogP contribution in [0.5, 0.6) is 0 Å². The predicted octanol–water partition coefficient (Wildman–Crippen LogP) is 0.388. The fraction of sp³-hybridized carbons (Fsp3) is 0.529. The van der Waals surface area contributed by atoms with Crippen LogP contribution < -0.4 is 15.1 Å². The number of carbonyl (C=O) groups is 2. The Labute approximate surface area is 158 Å². The van der Waals surface area contributed by atoms with Crippen molar-refractivity contribution in [1.82, 2.24) is 5.32 Å². The van der Waals surface area contributed by atoms with Gasteiger partial charge in [0.1, 0.15) is 6.10 Å². The van der Waals surface area contributed by atoms with Crippen LogP contribution in [-0.2, 0) is 24.1 Å². The van der Waals surface area contributed by atoms with Crippen LogP contribution in [0.1, 0.15) is 6.92 Å². The number of carbonyl (C=O) groups excluding carboxylic acids is 2. The number of anilines is 2. The first kappa shape index (κ1) is 19.4. The molecule has 0 radical (unpaired) electrons. The highest BCUT2D eigenvalue weighted by atomic mass is 32.2. The molecule has 0 saturated carbocycles. The van der Waals surface area contributed by atoms with Gasteiger partial charge in [-0.15, -0.1) is 0 Å². The molecule has 3 rings (SSSR count). The van der Waals surface area contributed by atoms with Crippen LogP contribution >= 0.6 is 0 Å². The Morgan fingerprint density at radius 2 is 2.00 bits per heavy atom. The highest BCUT2D eigenvalue weighted by Crippen LogP contribution is 2.33. The molecule has 1 aromatic carbocycles. The SMILES string of the molecule is CC(=O)NC[C@@H]1CN(c2ccc(N3CCOCC3)cc2S(C)(=O)=O)C(=O)O1. The molecule has 0 spiro atoms. The topological polar surface area (TPSA) is 105 Å². The molecule has 2 saturated heterocycles. The smallest absolute Gasteiger partial charge is 0.414 e. The van der Waals surface area contributed by atoms with Crippen molar-refractivity contribution >= 4 is 33.2 Å². The van der Waals surface area contributed by atoms with E-state index < -0.39 is 22.0 Å². The second-order valence-electron chi connectivity index (χ2n) is 6.58. The molecule has 9 nitrogen and oxygen atoms in total. The van der Waals surface area contributed by atoms with Crippen molar-refractivity contribution in [2.45, 2.75) is 17.9 Å². The van der Waals surface area contributed by atoms with Gasteiger partial charge in [0, 0.05) is 32.0 Å². The van der Waals surface area contributed by atoms with Crippen molar-refractivity contribution in [3.05, 3.63) is 18.2 Å². The summed E-state index contributed by atoms with van der Waals surface area (Å²) in [6.45, 7) is 4.23. The molecule has 10 heteroatoms. The van der Waals surface area contributed by atoms with E-state index in [1.807, 2.05) is 4.90 Å². The van der Waals surface area contributed by atoms with Gasteiger partial charge in [-0.3, -0.25) is 9.69 Å². The van der Waals surface area contributed by atoms with E-state index in [-0.39, 0.29) is 29.6 Å². The van der Waals surface area contributed by atoms with Crippen LogP contribution in [0.25, 0.3) is 0 Å². The van der Waals surface area contributed by atoms with E-state index in [9.17, 15) is 18.0 Å². The van der Waals surface area contributed by atoms with Gasteiger partial charge in [-0.25, -0.2) is 13.2 Å². The summed E-state index contributed by atoms with van der Waals surface area (Å²) in [7, 11) is -3.58. The van der Waals surface area contributed by atoms with Crippen LogP contribution in [0, 0.1) is 0 Å². The van der Waals surface area contributed by atoms with Crippen LogP contribution in [0.2, 0.25) is 0 Å². The second kappa shape index (κ2) is 7.73. The molecule has 148 valence electrons. The lowest BCUT2D eigenvalue weighted by Crippen LogP contribution is -2.36. The van der Waals surface area contributed by atoms with Gasteiger partial charge in [0.05, 0.1) is 36.9 Å². The van der Waals surface area contributed by atoms with E-state index in [0.717, 1.165) is 11.9 Å². The number of rotatable bonds is 5. The number of nitrogens with one attached hydrogen (secondary N) is 1. The van der Waals surface area contributed by atoms with Crippen molar-refractivity contribution in [1.29, 1.82) is 0 Å². The lowest BCUT2D eigenvalue weighted by molar-refractivity contribution is -0.119. The monoisotopic (exact) mass is 397 g/mol. The molecule has 0 aromatic heterocycles. The molecule has 0 bridgehead atoms. The molecular formula is C17H23N3O6S. The number of hydrogen-bond donors (Lipinski definition) is 1. The summed E-state index contributed by atoms with van der Waals surface area (Å²) in [5.74, 6) is -0.226. The Kier molecular flexibility index (Phi) is 5.56. The second-order valence-corrected chi connectivity index (χ2v) is 8.56. The first-order chi connectivity index (χ1) is 12.8. The van der Waals surface area contributed by atoms with E-state index in [0.29, 0.717) is 26.3 Å². The van der Waals surface area contributed by atoms with Gasteiger partial charge < -0.3 is 19.7 Å². The third-order valence-corrected chi connectivity index (χ3v) is 5.59. The molecule has 1 N–H and O–H groups in total. The molecule has 0 unspecified atom stereocenters. The first-order valence-corrected chi connectivity index (χ1v) is 10.5. The van der Waals surface area contributed by atoms with Crippen LogP contribution in [-0.4, -0.2) is 72.2 Å². The number of nitrogens with zero attached hydrogens (tertiary/aromatic N) is 2. The fourth-order valence-corrected chi connectivity index (χ4v) is 4.02. The first-order valence-electron chi connectivity index (χ1n) is 8.65. The number of benzene rings is 1. The maximum atomic E-state index is 12.4. The number of amides is 2. The highest BCUT2D eigenvalue weighted by molar-refractivity contribution is 7.90. The van der Waals surface area contributed by atoms with Gasteiger partial charge in [0.25, 0.3) is 0 Å². The van der Waals surface area contributed by atoms with Crippen LogP contribution in [0.15, 0.2) is 23.1 Å². The van der Waals surface area contributed by atoms with E-state index in [2.05, 4.69) is 5.32 Å². The van der Waals surface area contributed by atoms with Gasteiger partial charge in [0.15, 0.2) is 9.84 Å². The van der Waals surface area contributed by atoms with Crippen molar-refractivity contribution < 1.29 is 27.5 Å². The van der Waals surface area contributed by atoms with Gasteiger partial charge in [-0.05, 0) is 18.2 Å². The minimum absolute atomic E-state index is 0.0728. The van der Waals surface area contributed by atoms with Gasteiger partial charge in [-0.2, -0.15) is 0 Å². The summed E-state index contributed by atoms with van der Waals surface area (Å²) >= 11 is 0. The lowest BCUT2D eigenvalue weighted by Gasteiger charge is -2.29. The van der Waals surface area contributed by atoms with Crippen molar-refractivity contribution in [2.24, 2.45) is 0 Å². The van der Waals surface area contributed by atoms with E-state index in [1.165, 1.54) is 11.8 Å². The third-order valence-electron chi connectivity index (χ3n) is 4.46. The van der Waals surface area contributed by atoms with E-state index in [1.54, 1.807) is 18.2 Å². The third kappa shape index (κ3) is 4.51. The molecule has 0 aliphatic carbocycles. The standard InChI is InChI=1S/C17H23N3O6S/c1-12(21)18-10-14-11-20(17(22)26-14)15-4-3-13(9-16(15)27(2,23)24)19-5-7-25-8-6-19/h3-4,9,14H,5-8,10-11H2,1-2H3,(H,18,21)/t14-/m1/s1. The lowest BCUT2D eigenvalue weighted by atomic mass is 10.2. The molecule has 2 aliphatic heterocycles. The largest absolute Gasteiger partial charge is 0.442 e. The number of cyclic esters (lactones) is 1.